The second-order valence-electron chi connectivity index (χ2n) is 8.30. The van der Waals surface area contributed by atoms with Gasteiger partial charge in [-0.2, -0.15) is 0 Å². The molecule has 4 heteroatoms. The SMILES string of the molecule is CCCCc1ccc(C2=N/C(=C\c3ccc(F)cc3)C(=O)N2c2cc(C)cc(C)c2)cc1. The van der Waals surface area contributed by atoms with Gasteiger partial charge in [-0.25, -0.2) is 9.38 Å². The number of hydrogen-bond acceptors (Lipinski definition) is 2. The zero-order valence-electron chi connectivity index (χ0n) is 18.7. The van der Waals surface area contributed by atoms with E-state index in [0.29, 0.717) is 11.5 Å². The molecule has 0 bridgehead atoms. The third kappa shape index (κ3) is 4.70. The van der Waals surface area contributed by atoms with Crippen molar-refractivity contribution < 1.29 is 9.18 Å². The number of halogens is 1. The molecular formula is C28H27FN2O. The molecule has 32 heavy (non-hydrogen) atoms. The highest BCUT2D eigenvalue weighted by molar-refractivity contribution is 6.33. The molecule has 0 saturated carbocycles. The first-order chi connectivity index (χ1) is 15.4. The van der Waals surface area contributed by atoms with Crippen molar-refractivity contribution in [3.63, 3.8) is 0 Å². The first-order valence-electron chi connectivity index (χ1n) is 11.0. The number of carbonyl (C=O) groups excluding carboxylic acids is 1. The van der Waals surface area contributed by atoms with Crippen LogP contribution in [0.5, 0.6) is 0 Å². The Morgan fingerprint density at radius 3 is 2.22 bits per heavy atom. The Hall–Kier alpha value is -3.53. The predicted molar refractivity (Wildman–Crippen MR) is 129 cm³/mol. The van der Waals surface area contributed by atoms with E-state index in [4.69, 9.17) is 4.99 Å². The predicted octanol–water partition coefficient (Wildman–Crippen LogP) is 6.62. The summed E-state index contributed by atoms with van der Waals surface area (Å²) in [5.41, 5.74) is 6.19. The van der Waals surface area contributed by atoms with Crippen molar-refractivity contribution in [2.24, 2.45) is 4.99 Å². The summed E-state index contributed by atoms with van der Waals surface area (Å²) in [6, 6.07) is 20.4. The van der Waals surface area contributed by atoms with Crippen LogP contribution in [0.4, 0.5) is 10.1 Å². The van der Waals surface area contributed by atoms with Crippen molar-refractivity contribution >= 4 is 23.5 Å². The number of rotatable bonds is 6. The van der Waals surface area contributed by atoms with E-state index in [1.54, 1.807) is 23.1 Å². The number of amides is 1. The molecule has 1 aliphatic heterocycles. The lowest BCUT2D eigenvalue weighted by atomic mass is 10.0. The van der Waals surface area contributed by atoms with Crippen LogP contribution in [0.25, 0.3) is 6.08 Å². The Balaban J connectivity index is 1.77. The van der Waals surface area contributed by atoms with Crippen LogP contribution >= 0.6 is 0 Å². The quantitative estimate of drug-likeness (QED) is 0.408. The van der Waals surface area contributed by atoms with Gasteiger partial charge in [-0.05, 0) is 79.3 Å². The van der Waals surface area contributed by atoms with Crippen LogP contribution in [0, 0.1) is 19.7 Å². The number of unbranched alkanes of at least 4 members (excludes halogenated alkanes) is 1. The fourth-order valence-corrected chi connectivity index (χ4v) is 3.95. The molecule has 3 nitrogen and oxygen atoms in total. The molecule has 0 saturated heterocycles. The van der Waals surface area contributed by atoms with Crippen LogP contribution in [0.3, 0.4) is 0 Å². The van der Waals surface area contributed by atoms with Crippen LogP contribution in [0.2, 0.25) is 0 Å². The van der Waals surface area contributed by atoms with Crippen LogP contribution in [0.15, 0.2) is 77.4 Å². The molecule has 3 aromatic rings. The Morgan fingerprint density at radius 1 is 0.938 bits per heavy atom. The van der Waals surface area contributed by atoms with Crippen molar-refractivity contribution in [2.45, 2.75) is 40.0 Å². The van der Waals surface area contributed by atoms with Gasteiger partial charge in [-0.15, -0.1) is 0 Å². The number of hydrogen-bond donors (Lipinski definition) is 0. The summed E-state index contributed by atoms with van der Waals surface area (Å²) in [5, 5.41) is 0. The minimum absolute atomic E-state index is 0.190. The number of aliphatic imine (C=N–C) groups is 1. The fraction of sp³-hybridized carbons (Fsp3) is 0.214. The van der Waals surface area contributed by atoms with E-state index in [9.17, 15) is 9.18 Å². The van der Waals surface area contributed by atoms with Crippen molar-refractivity contribution in [1.82, 2.24) is 0 Å². The summed E-state index contributed by atoms with van der Waals surface area (Å²) in [4.78, 5) is 19.9. The molecule has 162 valence electrons. The zero-order valence-corrected chi connectivity index (χ0v) is 18.7. The van der Waals surface area contributed by atoms with E-state index >= 15 is 0 Å². The van der Waals surface area contributed by atoms with Gasteiger partial charge in [0.25, 0.3) is 5.91 Å². The maximum atomic E-state index is 13.5. The monoisotopic (exact) mass is 426 g/mol. The highest BCUT2D eigenvalue weighted by atomic mass is 19.1. The molecule has 1 heterocycles. The lowest BCUT2D eigenvalue weighted by Crippen LogP contribution is -2.32. The Kier molecular flexibility index (Phi) is 6.31. The van der Waals surface area contributed by atoms with Gasteiger partial charge in [-0.1, -0.05) is 55.8 Å². The normalized spacial score (nSPS) is 14.9. The van der Waals surface area contributed by atoms with Crippen LogP contribution in [-0.4, -0.2) is 11.7 Å². The Labute approximate surface area is 188 Å². The van der Waals surface area contributed by atoms with Gasteiger partial charge < -0.3 is 0 Å². The minimum atomic E-state index is -0.311. The molecule has 0 aromatic heterocycles. The van der Waals surface area contributed by atoms with Gasteiger partial charge in [0.15, 0.2) is 0 Å². The van der Waals surface area contributed by atoms with Crippen molar-refractivity contribution in [3.05, 3.63) is 106 Å². The summed E-state index contributed by atoms with van der Waals surface area (Å²) in [7, 11) is 0. The first-order valence-corrected chi connectivity index (χ1v) is 11.0. The first kappa shape index (κ1) is 21.7. The molecule has 0 N–H and O–H groups in total. The second-order valence-corrected chi connectivity index (χ2v) is 8.30. The lowest BCUT2D eigenvalue weighted by Gasteiger charge is -2.20. The van der Waals surface area contributed by atoms with E-state index in [0.717, 1.165) is 47.2 Å². The maximum Gasteiger partial charge on any atom is 0.282 e. The number of anilines is 1. The van der Waals surface area contributed by atoms with E-state index in [1.807, 2.05) is 38.1 Å². The maximum absolute atomic E-state index is 13.5. The largest absolute Gasteiger partial charge is 0.282 e. The van der Waals surface area contributed by atoms with Crippen molar-refractivity contribution in [2.75, 3.05) is 4.90 Å². The summed E-state index contributed by atoms with van der Waals surface area (Å²) < 4.78 is 13.3. The molecule has 1 amide bonds. The van der Waals surface area contributed by atoms with Crippen molar-refractivity contribution in [1.29, 1.82) is 0 Å². The molecule has 0 radical (unpaired) electrons. The summed E-state index contributed by atoms with van der Waals surface area (Å²) in [6.07, 6.45) is 5.05. The smallest absolute Gasteiger partial charge is 0.266 e. The lowest BCUT2D eigenvalue weighted by molar-refractivity contribution is -0.113. The van der Waals surface area contributed by atoms with Crippen molar-refractivity contribution in [3.8, 4) is 0 Å². The number of nitrogens with zero attached hydrogens (tertiary/aromatic N) is 2. The molecular weight excluding hydrogens is 399 g/mol. The summed E-state index contributed by atoms with van der Waals surface area (Å²) in [6.45, 7) is 6.22. The number of carbonyl (C=O) groups is 1. The highest BCUT2D eigenvalue weighted by Gasteiger charge is 2.32. The van der Waals surface area contributed by atoms with E-state index < -0.39 is 0 Å². The van der Waals surface area contributed by atoms with Crippen LogP contribution < -0.4 is 4.90 Å². The van der Waals surface area contributed by atoms with Gasteiger partial charge in [0.1, 0.15) is 17.3 Å². The molecule has 0 spiro atoms. The summed E-state index contributed by atoms with van der Waals surface area (Å²) in [5.74, 6) is 0.105. The molecule has 0 aliphatic carbocycles. The molecule has 0 unspecified atom stereocenters. The minimum Gasteiger partial charge on any atom is -0.266 e. The van der Waals surface area contributed by atoms with Gasteiger partial charge in [0.05, 0.1) is 5.69 Å². The Bertz CT molecular complexity index is 1170. The van der Waals surface area contributed by atoms with Crippen LogP contribution in [-0.2, 0) is 11.2 Å². The average molecular weight is 427 g/mol. The molecule has 3 aromatic carbocycles. The molecule has 0 atom stereocenters. The standard InChI is InChI=1S/C28H27FN2O/c1-4-5-6-21-7-11-23(12-8-21)27-30-26(18-22-9-13-24(29)14-10-22)28(32)31(27)25-16-19(2)15-20(3)17-25/h7-18H,4-6H2,1-3H3/b26-18-. The topological polar surface area (TPSA) is 32.7 Å². The highest BCUT2D eigenvalue weighted by Crippen LogP contribution is 2.29. The molecule has 1 aliphatic rings. The molecule has 4 rings (SSSR count). The van der Waals surface area contributed by atoms with Gasteiger partial charge in [0, 0.05) is 5.56 Å². The molecule has 0 fully saturated rings. The van der Waals surface area contributed by atoms with Gasteiger partial charge in [0.2, 0.25) is 0 Å². The van der Waals surface area contributed by atoms with E-state index in [1.165, 1.54) is 17.7 Å². The average Bonchev–Trinajstić information content (AvgIpc) is 3.09. The Morgan fingerprint density at radius 2 is 1.59 bits per heavy atom. The zero-order chi connectivity index (χ0) is 22.7. The van der Waals surface area contributed by atoms with E-state index in [2.05, 4.69) is 25.1 Å². The van der Waals surface area contributed by atoms with Gasteiger partial charge in [-0.3, -0.25) is 9.69 Å². The van der Waals surface area contributed by atoms with Crippen LogP contribution in [0.1, 0.15) is 47.6 Å². The number of aryl methyl sites for hydroxylation is 3. The van der Waals surface area contributed by atoms with E-state index in [-0.39, 0.29) is 11.7 Å². The second kappa shape index (κ2) is 9.31. The fourth-order valence-electron chi connectivity index (χ4n) is 3.95. The third-order valence-electron chi connectivity index (χ3n) is 5.53. The third-order valence-corrected chi connectivity index (χ3v) is 5.53. The summed E-state index contributed by atoms with van der Waals surface area (Å²) >= 11 is 0. The number of amidine groups is 1. The number of benzene rings is 3. The van der Waals surface area contributed by atoms with Gasteiger partial charge >= 0.3 is 0 Å².